The highest BCUT2D eigenvalue weighted by atomic mass is 79.9. The van der Waals surface area contributed by atoms with Crippen LogP contribution in [-0.4, -0.2) is 13.1 Å². The Hall–Kier alpha value is 0.430. The van der Waals surface area contributed by atoms with Gasteiger partial charge in [0.25, 0.3) is 0 Å². The highest BCUT2D eigenvalue weighted by molar-refractivity contribution is 9.11. The molecule has 1 aromatic rings. The van der Waals surface area contributed by atoms with Crippen LogP contribution in [0.5, 0.6) is 0 Å². The second-order valence-corrected chi connectivity index (χ2v) is 6.98. The number of nitrogens with one attached hydrogen (secondary N) is 1. The smallest absolute Gasteiger partial charge is 0.0887 e. The lowest BCUT2D eigenvalue weighted by Crippen LogP contribution is -2.16. The first-order valence-corrected chi connectivity index (χ1v) is 7.76. The molecule has 0 radical (unpaired) electrons. The van der Waals surface area contributed by atoms with Crippen LogP contribution in [0.3, 0.4) is 0 Å². The van der Waals surface area contributed by atoms with Gasteiger partial charge in [0.1, 0.15) is 0 Å². The van der Waals surface area contributed by atoms with Crippen molar-refractivity contribution in [1.29, 1.82) is 0 Å². The maximum absolute atomic E-state index is 6.00. The van der Waals surface area contributed by atoms with Gasteiger partial charge in [-0.15, -0.1) is 11.3 Å². The van der Waals surface area contributed by atoms with Crippen LogP contribution < -0.4 is 5.32 Å². The lowest BCUT2D eigenvalue weighted by atomic mass is 10.0. The van der Waals surface area contributed by atoms with E-state index in [1.54, 1.807) is 11.3 Å². The standard InChI is InChI=1S/C12H19BrClNS/c1-3-15-7-6-9(2)4-5-10-8-11(14)12(13)16-10/h8-9,15H,3-7H2,1-2H3. The maximum atomic E-state index is 6.00. The molecular weight excluding hydrogens is 306 g/mol. The Morgan fingerprint density at radius 1 is 1.50 bits per heavy atom. The lowest BCUT2D eigenvalue weighted by molar-refractivity contribution is 0.475. The second kappa shape index (κ2) is 7.70. The molecule has 0 amide bonds. The Morgan fingerprint density at radius 2 is 2.25 bits per heavy atom. The third kappa shape index (κ3) is 5.17. The number of halogens is 2. The van der Waals surface area contributed by atoms with E-state index in [4.69, 9.17) is 11.6 Å². The Morgan fingerprint density at radius 3 is 2.81 bits per heavy atom. The summed E-state index contributed by atoms with van der Waals surface area (Å²) in [7, 11) is 0. The predicted molar refractivity (Wildman–Crippen MR) is 77.7 cm³/mol. The van der Waals surface area contributed by atoms with Gasteiger partial charge in [0.15, 0.2) is 0 Å². The Bertz CT molecular complexity index is 294. The zero-order valence-corrected chi connectivity index (χ0v) is 13.0. The minimum absolute atomic E-state index is 0.777. The van der Waals surface area contributed by atoms with E-state index in [2.05, 4.69) is 41.2 Å². The van der Waals surface area contributed by atoms with Gasteiger partial charge in [0, 0.05) is 4.88 Å². The van der Waals surface area contributed by atoms with Crippen LogP contribution in [0.2, 0.25) is 5.02 Å². The summed E-state index contributed by atoms with van der Waals surface area (Å²) in [5, 5.41) is 4.21. The molecule has 0 saturated heterocycles. The zero-order chi connectivity index (χ0) is 12.0. The molecule has 0 saturated carbocycles. The molecule has 4 heteroatoms. The number of thiophene rings is 1. The summed E-state index contributed by atoms with van der Waals surface area (Å²) in [6.45, 7) is 6.67. The van der Waals surface area contributed by atoms with E-state index >= 15 is 0 Å². The summed E-state index contributed by atoms with van der Waals surface area (Å²) < 4.78 is 1.06. The second-order valence-electron chi connectivity index (χ2n) is 4.12. The van der Waals surface area contributed by atoms with E-state index in [-0.39, 0.29) is 0 Å². The molecule has 1 aromatic heterocycles. The molecule has 0 aromatic carbocycles. The van der Waals surface area contributed by atoms with E-state index in [1.807, 2.05) is 0 Å². The molecule has 1 rings (SSSR count). The molecule has 0 aliphatic heterocycles. The van der Waals surface area contributed by atoms with Crippen molar-refractivity contribution in [2.24, 2.45) is 5.92 Å². The first-order valence-electron chi connectivity index (χ1n) is 5.78. The van der Waals surface area contributed by atoms with Crippen molar-refractivity contribution in [3.05, 3.63) is 19.8 Å². The number of rotatable bonds is 7. The quantitative estimate of drug-likeness (QED) is 0.715. The van der Waals surface area contributed by atoms with Crippen LogP contribution in [0.25, 0.3) is 0 Å². The highest BCUT2D eigenvalue weighted by Crippen LogP contribution is 2.33. The number of aryl methyl sites for hydroxylation is 1. The fourth-order valence-corrected chi connectivity index (χ4v) is 3.41. The lowest BCUT2D eigenvalue weighted by Gasteiger charge is -2.10. The van der Waals surface area contributed by atoms with Gasteiger partial charge in [-0.3, -0.25) is 0 Å². The SMILES string of the molecule is CCNCCC(C)CCc1cc(Cl)c(Br)s1. The van der Waals surface area contributed by atoms with Crippen molar-refractivity contribution < 1.29 is 0 Å². The third-order valence-corrected chi connectivity index (χ3v) is 5.18. The molecule has 92 valence electrons. The maximum Gasteiger partial charge on any atom is 0.0887 e. The molecule has 0 aliphatic carbocycles. The molecule has 1 unspecified atom stereocenters. The zero-order valence-electron chi connectivity index (χ0n) is 9.85. The first kappa shape index (κ1) is 14.5. The monoisotopic (exact) mass is 323 g/mol. The van der Waals surface area contributed by atoms with Gasteiger partial charge in [-0.2, -0.15) is 0 Å². The summed E-state index contributed by atoms with van der Waals surface area (Å²) >= 11 is 11.2. The van der Waals surface area contributed by atoms with Gasteiger partial charge in [0.05, 0.1) is 8.81 Å². The van der Waals surface area contributed by atoms with Gasteiger partial charge in [-0.05, 0) is 60.3 Å². The average Bonchev–Trinajstić information content (AvgIpc) is 2.56. The molecule has 1 nitrogen and oxygen atoms in total. The van der Waals surface area contributed by atoms with E-state index in [0.29, 0.717) is 0 Å². The first-order chi connectivity index (χ1) is 7.63. The summed E-state index contributed by atoms with van der Waals surface area (Å²) in [4.78, 5) is 1.38. The van der Waals surface area contributed by atoms with E-state index in [9.17, 15) is 0 Å². The van der Waals surface area contributed by atoms with Crippen LogP contribution >= 0.6 is 38.9 Å². The molecule has 0 fully saturated rings. The Kier molecular flexibility index (Phi) is 6.97. The van der Waals surface area contributed by atoms with Crippen LogP contribution in [0.15, 0.2) is 9.85 Å². The number of hydrogen-bond donors (Lipinski definition) is 1. The van der Waals surface area contributed by atoms with Crippen LogP contribution in [0.4, 0.5) is 0 Å². The van der Waals surface area contributed by atoms with E-state index in [0.717, 1.165) is 34.2 Å². The molecule has 16 heavy (non-hydrogen) atoms. The van der Waals surface area contributed by atoms with Gasteiger partial charge in [-0.25, -0.2) is 0 Å². The van der Waals surface area contributed by atoms with Crippen molar-refractivity contribution in [1.82, 2.24) is 5.32 Å². The van der Waals surface area contributed by atoms with Gasteiger partial charge in [-0.1, -0.05) is 25.4 Å². The third-order valence-electron chi connectivity index (χ3n) is 2.64. The van der Waals surface area contributed by atoms with E-state index in [1.165, 1.54) is 17.7 Å². The average molecular weight is 325 g/mol. The van der Waals surface area contributed by atoms with Crippen molar-refractivity contribution in [2.45, 2.75) is 33.1 Å². The van der Waals surface area contributed by atoms with Crippen molar-refractivity contribution in [3.8, 4) is 0 Å². The van der Waals surface area contributed by atoms with Crippen LogP contribution in [0.1, 0.15) is 31.6 Å². The van der Waals surface area contributed by atoms with Crippen LogP contribution in [-0.2, 0) is 6.42 Å². The van der Waals surface area contributed by atoms with Gasteiger partial charge in [0.2, 0.25) is 0 Å². The topological polar surface area (TPSA) is 12.0 Å². The molecule has 0 spiro atoms. The molecule has 1 N–H and O–H groups in total. The molecule has 0 bridgehead atoms. The normalized spacial score (nSPS) is 13.0. The summed E-state index contributed by atoms with van der Waals surface area (Å²) in [5.74, 6) is 0.777. The largest absolute Gasteiger partial charge is 0.317 e. The van der Waals surface area contributed by atoms with Gasteiger partial charge < -0.3 is 5.32 Å². The molecule has 1 atom stereocenters. The van der Waals surface area contributed by atoms with Gasteiger partial charge >= 0.3 is 0 Å². The Labute approximate surface area is 116 Å². The highest BCUT2D eigenvalue weighted by Gasteiger charge is 2.07. The summed E-state index contributed by atoms with van der Waals surface area (Å²) in [6.07, 6.45) is 3.64. The minimum Gasteiger partial charge on any atom is -0.317 e. The fraction of sp³-hybridized carbons (Fsp3) is 0.667. The summed E-state index contributed by atoms with van der Waals surface area (Å²) in [5.41, 5.74) is 0. The van der Waals surface area contributed by atoms with Crippen LogP contribution in [0, 0.1) is 5.92 Å². The fourth-order valence-electron chi connectivity index (χ4n) is 1.57. The van der Waals surface area contributed by atoms with Crippen molar-refractivity contribution >= 4 is 38.9 Å². The Balaban J connectivity index is 2.23. The molecule has 0 aliphatic rings. The summed E-state index contributed by atoms with van der Waals surface area (Å²) in [6, 6.07) is 2.08. The number of hydrogen-bond acceptors (Lipinski definition) is 2. The van der Waals surface area contributed by atoms with Crippen molar-refractivity contribution in [2.75, 3.05) is 13.1 Å². The van der Waals surface area contributed by atoms with E-state index < -0.39 is 0 Å². The minimum atomic E-state index is 0.777. The molecular formula is C12H19BrClNS. The van der Waals surface area contributed by atoms with Crippen molar-refractivity contribution in [3.63, 3.8) is 0 Å². The molecule has 1 heterocycles. The predicted octanol–water partition coefficient (Wildman–Crippen LogP) is 4.73.